The predicted molar refractivity (Wildman–Crippen MR) is 126 cm³/mol. The molecule has 0 bridgehead atoms. The van der Waals surface area contributed by atoms with Crippen molar-refractivity contribution in [1.82, 2.24) is 0 Å². The normalized spacial score (nSPS) is 20.3. The maximum Gasteiger partial charge on any atom is 0.191 e. The summed E-state index contributed by atoms with van der Waals surface area (Å²) in [6, 6.07) is 30.2. The Morgan fingerprint density at radius 3 is 1.82 bits per heavy atom. The summed E-state index contributed by atoms with van der Waals surface area (Å²) >= 11 is 0. The van der Waals surface area contributed by atoms with E-state index in [0.29, 0.717) is 32.2 Å². The van der Waals surface area contributed by atoms with Gasteiger partial charge in [-0.3, -0.25) is 0 Å². The lowest BCUT2D eigenvalue weighted by molar-refractivity contribution is -0.227. The molecule has 1 aliphatic rings. The Bertz CT molecular complexity index is 975. The van der Waals surface area contributed by atoms with Gasteiger partial charge in [0.2, 0.25) is 0 Å². The van der Waals surface area contributed by atoms with E-state index in [1.807, 2.05) is 97.1 Å². The van der Waals surface area contributed by atoms with E-state index in [1.54, 1.807) is 7.11 Å². The Balaban J connectivity index is 1.44. The molecule has 4 rings (SSSR count). The molecule has 0 N–H and O–H groups in total. The number of methoxy groups -OCH3 is 1. The van der Waals surface area contributed by atoms with Gasteiger partial charge in [-0.15, -0.1) is 0 Å². The van der Waals surface area contributed by atoms with Gasteiger partial charge >= 0.3 is 0 Å². The summed E-state index contributed by atoms with van der Waals surface area (Å²) in [7, 11) is 1.62. The third kappa shape index (κ3) is 7.01. The average Bonchev–Trinajstić information content (AvgIpc) is 2.88. The molecule has 0 aliphatic carbocycles. The summed E-state index contributed by atoms with van der Waals surface area (Å²) in [5.41, 5.74) is 3.27. The first-order chi connectivity index (χ1) is 16.3. The van der Waals surface area contributed by atoms with Crippen LogP contribution in [0.25, 0.3) is 0 Å². The SMILES string of the molecule is CO[C@@H]1O[C@@H](COCc2ccccc2)C=C(OCc2ccccc2)[C@H]1OCc1ccccc1. The molecular formula is C28H30O5. The van der Waals surface area contributed by atoms with E-state index >= 15 is 0 Å². The first-order valence-corrected chi connectivity index (χ1v) is 11.2. The average molecular weight is 447 g/mol. The van der Waals surface area contributed by atoms with Crippen LogP contribution in [0, 0.1) is 0 Å². The summed E-state index contributed by atoms with van der Waals surface area (Å²) < 4.78 is 30.1. The van der Waals surface area contributed by atoms with Gasteiger partial charge in [0.15, 0.2) is 12.4 Å². The maximum absolute atomic E-state index is 6.22. The lowest BCUT2D eigenvalue weighted by atomic mass is 10.1. The Morgan fingerprint density at radius 2 is 1.24 bits per heavy atom. The van der Waals surface area contributed by atoms with Gasteiger partial charge in [0.05, 0.1) is 19.8 Å². The molecule has 3 aromatic rings. The molecule has 5 nitrogen and oxygen atoms in total. The zero-order valence-corrected chi connectivity index (χ0v) is 18.8. The highest BCUT2D eigenvalue weighted by atomic mass is 16.7. The summed E-state index contributed by atoms with van der Waals surface area (Å²) in [6.45, 7) is 1.76. The Labute approximate surface area is 195 Å². The molecule has 0 saturated heterocycles. The zero-order valence-electron chi connectivity index (χ0n) is 18.8. The molecule has 172 valence electrons. The van der Waals surface area contributed by atoms with Crippen molar-refractivity contribution in [1.29, 1.82) is 0 Å². The van der Waals surface area contributed by atoms with Gasteiger partial charge in [0.25, 0.3) is 0 Å². The van der Waals surface area contributed by atoms with Crippen LogP contribution in [0.4, 0.5) is 0 Å². The first kappa shape index (κ1) is 23.2. The third-order valence-corrected chi connectivity index (χ3v) is 5.33. The van der Waals surface area contributed by atoms with Crippen LogP contribution in [0.1, 0.15) is 16.7 Å². The molecule has 0 fully saturated rings. The van der Waals surface area contributed by atoms with Crippen molar-refractivity contribution in [2.24, 2.45) is 0 Å². The largest absolute Gasteiger partial charge is 0.491 e. The van der Waals surface area contributed by atoms with E-state index in [2.05, 4.69) is 0 Å². The molecule has 0 radical (unpaired) electrons. The highest BCUT2D eigenvalue weighted by Gasteiger charge is 2.35. The summed E-state index contributed by atoms with van der Waals surface area (Å²) in [6.07, 6.45) is 0.555. The molecular weight excluding hydrogens is 416 g/mol. The Kier molecular flexibility index (Phi) is 8.67. The van der Waals surface area contributed by atoms with Crippen LogP contribution < -0.4 is 0 Å². The van der Waals surface area contributed by atoms with Gasteiger partial charge in [-0.05, 0) is 22.8 Å². The second-order valence-electron chi connectivity index (χ2n) is 7.84. The summed E-state index contributed by atoms with van der Waals surface area (Å²) in [5, 5.41) is 0. The minimum Gasteiger partial charge on any atom is -0.491 e. The van der Waals surface area contributed by atoms with Gasteiger partial charge in [0.1, 0.15) is 18.5 Å². The second-order valence-corrected chi connectivity index (χ2v) is 7.84. The first-order valence-electron chi connectivity index (χ1n) is 11.2. The fourth-order valence-corrected chi connectivity index (χ4v) is 3.62. The minimum absolute atomic E-state index is 0.305. The molecule has 0 spiro atoms. The van der Waals surface area contributed by atoms with E-state index in [4.69, 9.17) is 23.7 Å². The Hall–Kier alpha value is -2.96. The van der Waals surface area contributed by atoms with Crippen molar-refractivity contribution >= 4 is 0 Å². The predicted octanol–water partition coefficient (Wildman–Crippen LogP) is 5.26. The molecule has 0 saturated carbocycles. The minimum atomic E-state index is -0.602. The highest BCUT2D eigenvalue weighted by Crippen LogP contribution is 2.26. The van der Waals surface area contributed by atoms with Crippen LogP contribution >= 0.6 is 0 Å². The molecule has 33 heavy (non-hydrogen) atoms. The molecule has 0 amide bonds. The van der Waals surface area contributed by atoms with E-state index in [9.17, 15) is 0 Å². The van der Waals surface area contributed by atoms with E-state index < -0.39 is 12.4 Å². The van der Waals surface area contributed by atoms with E-state index in [-0.39, 0.29) is 6.10 Å². The van der Waals surface area contributed by atoms with Gasteiger partial charge in [-0.1, -0.05) is 91.0 Å². The number of benzene rings is 3. The van der Waals surface area contributed by atoms with Crippen LogP contribution in [-0.4, -0.2) is 32.2 Å². The fraction of sp³-hybridized carbons (Fsp3) is 0.286. The van der Waals surface area contributed by atoms with Crippen molar-refractivity contribution in [3.8, 4) is 0 Å². The standard InChI is InChI=1S/C28H30O5/c1-29-28-27(32-20-24-15-9-4-10-16-24)26(31-19-23-13-7-3-8-14-23)17-25(33-28)21-30-18-22-11-5-2-6-12-22/h2-17,25,27-28H,18-21H2,1H3/t25-,27-,28-/m1/s1. The number of rotatable bonds is 11. The molecule has 1 heterocycles. The van der Waals surface area contributed by atoms with Crippen molar-refractivity contribution in [2.45, 2.75) is 38.3 Å². The fourth-order valence-electron chi connectivity index (χ4n) is 3.62. The van der Waals surface area contributed by atoms with Crippen molar-refractivity contribution in [3.63, 3.8) is 0 Å². The van der Waals surface area contributed by atoms with Crippen LogP contribution in [-0.2, 0) is 43.5 Å². The van der Waals surface area contributed by atoms with Crippen LogP contribution in [0.5, 0.6) is 0 Å². The summed E-state index contributed by atoms with van der Waals surface area (Å²) in [5.74, 6) is 0.696. The quantitative estimate of drug-likeness (QED) is 0.402. The second kappa shape index (κ2) is 12.3. The maximum atomic E-state index is 6.22. The van der Waals surface area contributed by atoms with Crippen molar-refractivity contribution < 1.29 is 23.7 Å². The monoisotopic (exact) mass is 446 g/mol. The molecule has 3 atom stereocenters. The number of hydrogen-bond donors (Lipinski definition) is 0. The number of ether oxygens (including phenoxy) is 5. The molecule has 0 aromatic heterocycles. The van der Waals surface area contributed by atoms with E-state index in [0.717, 1.165) is 16.7 Å². The third-order valence-electron chi connectivity index (χ3n) is 5.33. The van der Waals surface area contributed by atoms with Crippen molar-refractivity contribution in [3.05, 3.63) is 120 Å². The lowest BCUT2D eigenvalue weighted by Crippen LogP contribution is -2.43. The number of hydrogen-bond acceptors (Lipinski definition) is 5. The van der Waals surface area contributed by atoms with Crippen LogP contribution in [0.15, 0.2) is 103 Å². The smallest absolute Gasteiger partial charge is 0.191 e. The van der Waals surface area contributed by atoms with Crippen molar-refractivity contribution in [2.75, 3.05) is 13.7 Å². The molecule has 1 aliphatic heterocycles. The van der Waals surface area contributed by atoms with E-state index in [1.165, 1.54) is 0 Å². The summed E-state index contributed by atoms with van der Waals surface area (Å²) in [4.78, 5) is 0. The van der Waals surface area contributed by atoms with Crippen LogP contribution in [0.3, 0.4) is 0 Å². The van der Waals surface area contributed by atoms with Gasteiger partial charge < -0.3 is 23.7 Å². The lowest BCUT2D eigenvalue weighted by Gasteiger charge is -2.35. The topological polar surface area (TPSA) is 46.2 Å². The molecule has 5 heteroatoms. The van der Waals surface area contributed by atoms with Gasteiger partial charge in [0, 0.05) is 7.11 Å². The van der Waals surface area contributed by atoms with Gasteiger partial charge in [-0.2, -0.15) is 0 Å². The molecule has 0 unspecified atom stereocenters. The zero-order chi connectivity index (χ0) is 22.7. The highest BCUT2D eigenvalue weighted by molar-refractivity contribution is 5.17. The van der Waals surface area contributed by atoms with Crippen LogP contribution in [0.2, 0.25) is 0 Å². The van der Waals surface area contributed by atoms with Gasteiger partial charge in [-0.25, -0.2) is 0 Å². The molecule has 3 aromatic carbocycles. The Morgan fingerprint density at radius 1 is 0.697 bits per heavy atom.